The maximum absolute atomic E-state index is 2.36. The van der Waals surface area contributed by atoms with Crippen molar-refractivity contribution >= 4 is 0 Å². The topological polar surface area (TPSA) is 3.88 Å². The van der Waals surface area contributed by atoms with Crippen LogP contribution in [0.5, 0.6) is 0 Å². The van der Waals surface area contributed by atoms with Crippen LogP contribution < -0.4 is 4.57 Å². The van der Waals surface area contributed by atoms with Gasteiger partial charge in [0.15, 0.2) is 6.20 Å². The van der Waals surface area contributed by atoms with Gasteiger partial charge in [0.1, 0.15) is 7.05 Å². The molecule has 0 N–H and O–H groups in total. The molecular formula is C28H26N+. The lowest BCUT2D eigenvalue weighted by Crippen LogP contribution is -2.31. The molecule has 1 heterocycles. The number of hydrogen-bond donors (Lipinski definition) is 0. The third-order valence-electron chi connectivity index (χ3n) is 6.26. The largest absolute Gasteiger partial charge is 0.213 e. The van der Waals surface area contributed by atoms with E-state index in [4.69, 9.17) is 0 Å². The van der Waals surface area contributed by atoms with Crippen molar-refractivity contribution in [1.29, 1.82) is 0 Å². The summed E-state index contributed by atoms with van der Waals surface area (Å²) in [6, 6.07) is 24.5. The monoisotopic (exact) mass is 376 g/mol. The number of hydrogen-bond acceptors (Lipinski definition) is 0. The summed E-state index contributed by atoms with van der Waals surface area (Å²) in [5.74, 6) is 0. The predicted molar refractivity (Wildman–Crippen MR) is 121 cm³/mol. The fourth-order valence-corrected chi connectivity index (χ4v) is 4.80. The van der Waals surface area contributed by atoms with Crippen molar-refractivity contribution in [2.45, 2.75) is 27.2 Å². The summed E-state index contributed by atoms with van der Waals surface area (Å²) >= 11 is 0. The number of benzene rings is 3. The Kier molecular flexibility index (Phi) is 4.13. The van der Waals surface area contributed by atoms with Crippen molar-refractivity contribution in [3.8, 4) is 33.5 Å². The normalized spacial score (nSPS) is 12.0. The Hall–Kier alpha value is -3.19. The van der Waals surface area contributed by atoms with Gasteiger partial charge in [-0.3, -0.25) is 0 Å². The second kappa shape index (κ2) is 6.70. The van der Waals surface area contributed by atoms with Crippen LogP contribution in [0.25, 0.3) is 33.5 Å². The predicted octanol–water partition coefficient (Wildman–Crippen LogP) is 6.34. The molecule has 1 nitrogen and oxygen atoms in total. The van der Waals surface area contributed by atoms with Crippen molar-refractivity contribution in [2.24, 2.45) is 7.05 Å². The molecule has 0 atom stereocenters. The highest BCUT2D eigenvalue weighted by Crippen LogP contribution is 2.43. The van der Waals surface area contributed by atoms with E-state index >= 15 is 0 Å². The first-order valence-corrected chi connectivity index (χ1v) is 10.3. The van der Waals surface area contributed by atoms with E-state index in [-0.39, 0.29) is 0 Å². The zero-order valence-electron chi connectivity index (χ0n) is 17.6. The van der Waals surface area contributed by atoms with Gasteiger partial charge in [-0.1, -0.05) is 66.2 Å². The van der Waals surface area contributed by atoms with Crippen molar-refractivity contribution in [3.63, 3.8) is 0 Å². The number of rotatable bonds is 2. The molecule has 3 aromatic carbocycles. The molecule has 0 saturated carbocycles. The van der Waals surface area contributed by atoms with Gasteiger partial charge in [-0.15, -0.1) is 0 Å². The molecule has 1 aliphatic carbocycles. The summed E-state index contributed by atoms with van der Waals surface area (Å²) in [6.07, 6.45) is 3.30. The fraction of sp³-hybridized carbons (Fsp3) is 0.179. The lowest BCUT2D eigenvalue weighted by molar-refractivity contribution is -0.660. The Morgan fingerprint density at radius 1 is 0.724 bits per heavy atom. The zero-order valence-corrected chi connectivity index (χ0v) is 17.6. The average molecular weight is 377 g/mol. The SMILES string of the molecule is Cc1ccc2c(c1)Cc1c-2ccc(C)c1-c1cc(C)c(-c2ccccc2)c[n+]1C. The van der Waals surface area contributed by atoms with Crippen LogP contribution in [-0.4, -0.2) is 0 Å². The van der Waals surface area contributed by atoms with E-state index in [1.807, 2.05) is 0 Å². The maximum Gasteiger partial charge on any atom is 0.213 e. The van der Waals surface area contributed by atoms with Crippen molar-refractivity contribution in [2.75, 3.05) is 0 Å². The molecule has 142 valence electrons. The van der Waals surface area contributed by atoms with Gasteiger partial charge in [0, 0.05) is 11.6 Å². The van der Waals surface area contributed by atoms with Gasteiger partial charge >= 0.3 is 0 Å². The van der Waals surface area contributed by atoms with E-state index in [1.165, 1.54) is 61.3 Å². The molecule has 0 bridgehead atoms. The van der Waals surface area contributed by atoms with Gasteiger partial charge < -0.3 is 0 Å². The van der Waals surface area contributed by atoms with E-state index in [9.17, 15) is 0 Å². The molecule has 1 aliphatic rings. The third kappa shape index (κ3) is 2.89. The zero-order chi connectivity index (χ0) is 20.1. The van der Waals surface area contributed by atoms with Gasteiger partial charge in [-0.25, -0.2) is 4.57 Å². The van der Waals surface area contributed by atoms with Gasteiger partial charge in [-0.05, 0) is 66.1 Å². The summed E-state index contributed by atoms with van der Waals surface area (Å²) < 4.78 is 2.30. The van der Waals surface area contributed by atoms with Crippen LogP contribution in [0.2, 0.25) is 0 Å². The van der Waals surface area contributed by atoms with Crippen molar-refractivity contribution in [3.05, 3.63) is 101 Å². The molecule has 4 aromatic rings. The quantitative estimate of drug-likeness (QED) is 0.316. The smallest absolute Gasteiger partial charge is 0.200 e. The highest BCUT2D eigenvalue weighted by molar-refractivity contribution is 5.85. The van der Waals surface area contributed by atoms with Crippen LogP contribution in [0.15, 0.2) is 72.9 Å². The first-order valence-electron chi connectivity index (χ1n) is 10.3. The maximum atomic E-state index is 2.36. The van der Waals surface area contributed by atoms with Crippen molar-refractivity contribution < 1.29 is 4.57 Å². The molecule has 0 saturated heterocycles. The van der Waals surface area contributed by atoms with Crippen LogP contribution in [0.1, 0.15) is 27.8 Å². The molecule has 0 amide bonds. The summed E-state index contributed by atoms with van der Waals surface area (Å²) in [4.78, 5) is 0. The number of fused-ring (bicyclic) bond motifs is 3. The van der Waals surface area contributed by atoms with Gasteiger partial charge in [0.25, 0.3) is 0 Å². The summed E-state index contributed by atoms with van der Waals surface area (Å²) in [7, 11) is 2.17. The lowest BCUT2D eigenvalue weighted by atomic mass is 9.92. The van der Waals surface area contributed by atoms with Gasteiger partial charge in [-0.2, -0.15) is 0 Å². The summed E-state index contributed by atoms with van der Waals surface area (Å²) in [6.45, 7) is 6.65. The molecular weight excluding hydrogens is 350 g/mol. The molecule has 0 unspecified atom stereocenters. The molecule has 0 spiro atoms. The highest BCUT2D eigenvalue weighted by atomic mass is 14.9. The second-order valence-electron chi connectivity index (χ2n) is 8.35. The van der Waals surface area contributed by atoms with Crippen LogP contribution in [0.3, 0.4) is 0 Å². The van der Waals surface area contributed by atoms with Crippen molar-refractivity contribution in [1.82, 2.24) is 0 Å². The van der Waals surface area contributed by atoms with E-state index < -0.39 is 0 Å². The highest BCUT2D eigenvalue weighted by Gasteiger charge is 2.27. The second-order valence-corrected chi connectivity index (χ2v) is 8.35. The van der Waals surface area contributed by atoms with Gasteiger partial charge in [0.05, 0.1) is 5.56 Å². The molecule has 5 rings (SSSR count). The molecule has 1 heteroatoms. The minimum atomic E-state index is 1.02. The van der Waals surface area contributed by atoms with Crippen LogP contribution in [0, 0.1) is 20.8 Å². The van der Waals surface area contributed by atoms with E-state index in [1.54, 1.807) is 0 Å². The third-order valence-corrected chi connectivity index (χ3v) is 6.26. The average Bonchev–Trinajstić information content (AvgIpc) is 3.07. The van der Waals surface area contributed by atoms with E-state index in [2.05, 4.69) is 105 Å². The number of aromatic nitrogens is 1. The minimum Gasteiger partial charge on any atom is -0.200 e. The summed E-state index contributed by atoms with van der Waals surface area (Å²) in [5.41, 5.74) is 14.9. The van der Waals surface area contributed by atoms with Crippen LogP contribution in [-0.2, 0) is 13.5 Å². The first-order chi connectivity index (χ1) is 14.0. The van der Waals surface area contributed by atoms with Gasteiger partial charge in [0.2, 0.25) is 5.69 Å². The standard InChI is InChI=1S/C28H26N/c1-18-10-12-23-22(14-18)16-25-24(23)13-11-19(2)28(25)27-15-20(3)26(17-29(27)4)21-8-6-5-7-9-21/h5-15,17H,16H2,1-4H3/q+1. The van der Waals surface area contributed by atoms with Crippen LogP contribution in [0.4, 0.5) is 0 Å². The first kappa shape index (κ1) is 17.9. The Bertz CT molecular complexity index is 1250. The number of aryl methyl sites for hydroxylation is 4. The molecule has 0 aliphatic heterocycles. The Labute approximate surface area is 173 Å². The van der Waals surface area contributed by atoms with Crippen LogP contribution >= 0.6 is 0 Å². The Morgan fingerprint density at radius 2 is 1.48 bits per heavy atom. The molecule has 0 radical (unpaired) electrons. The Balaban J connectivity index is 1.69. The minimum absolute atomic E-state index is 1.02. The fourth-order valence-electron chi connectivity index (χ4n) is 4.80. The molecule has 1 aromatic heterocycles. The van der Waals surface area contributed by atoms with E-state index in [0.717, 1.165) is 6.42 Å². The molecule has 0 fully saturated rings. The lowest BCUT2D eigenvalue weighted by Gasteiger charge is -2.13. The van der Waals surface area contributed by atoms with E-state index in [0.29, 0.717) is 0 Å². The summed E-state index contributed by atoms with van der Waals surface area (Å²) in [5, 5.41) is 0. The number of nitrogens with zero attached hydrogens (tertiary/aromatic N) is 1. The molecule has 29 heavy (non-hydrogen) atoms. The number of pyridine rings is 1. The Morgan fingerprint density at radius 3 is 2.28 bits per heavy atom.